The van der Waals surface area contributed by atoms with Crippen molar-refractivity contribution in [3.8, 4) is 11.1 Å². The van der Waals surface area contributed by atoms with Crippen LogP contribution >= 0.6 is 0 Å². The number of carbonyl (C=O) groups is 1. The highest BCUT2D eigenvalue weighted by molar-refractivity contribution is 5.70. The van der Waals surface area contributed by atoms with Gasteiger partial charge in [0, 0.05) is 42.8 Å². The molecule has 1 atom stereocenters. The van der Waals surface area contributed by atoms with Gasteiger partial charge in [0.05, 0.1) is 0 Å². The standard InChI is InChI=1S/C22H21F3N6O3/c1-13-8-14(10-16(9-13)29-19-26-6-5-17(30-19)22(23,24)25)15-11-27-20(28-12-15)31-7-3-2-4-18(31)34-21(32)33/h5-6,8-12,18H,2-4,7H2,1H3,(H,32,33)(H,26,29,30)/t18-/m0/s1. The van der Waals surface area contributed by atoms with Crippen LogP contribution < -0.4 is 10.2 Å². The second-order valence-electron chi connectivity index (χ2n) is 7.78. The zero-order chi connectivity index (χ0) is 24.3. The van der Waals surface area contributed by atoms with Gasteiger partial charge in [-0.1, -0.05) is 6.07 Å². The second kappa shape index (κ2) is 9.49. The van der Waals surface area contributed by atoms with E-state index >= 15 is 0 Å². The van der Waals surface area contributed by atoms with E-state index in [1.807, 2.05) is 13.0 Å². The average Bonchev–Trinajstić information content (AvgIpc) is 2.78. The minimum Gasteiger partial charge on any atom is -0.450 e. The quantitative estimate of drug-likeness (QED) is 0.492. The summed E-state index contributed by atoms with van der Waals surface area (Å²) in [4.78, 5) is 28.9. The van der Waals surface area contributed by atoms with Crippen molar-refractivity contribution in [3.63, 3.8) is 0 Å². The predicted molar refractivity (Wildman–Crippen MR) is 117 cm³/mol. The van der Waals surface area contributed by atoms with Crippen molar-refractivity contribution in [2.45, 2.75) is 38.6 Å². The van der Waals surface area contributed by atoms with Crippen molar-refractivity contribution < 1.29 is 27.8 Å². The smallest absolute Gasteiger partial charge is 0.450 e. The Hall–Kier alpha value is -3.96. The van der Waals surface area contributed by atoms with Crippen LogP contribution in [0.1, 0.15) is 30.5 Å². The van der Waals surface area contributed by atoms with Gasteiger partial charge >= 0.3 is 12.3 Å². The van der Waals surface area contributed by atoms with Crippen molar-refractivity contribution in [2.24, 2.45) is 0 Å². The first kappa shape index (κ1) is 23.2. The molecule has 0 unspecified atom stereocenters. The van der Waals surface area contributed by atoms with Gasteiger partial charge in [-0.25, -0.2) is 24.7 Å². The number of aryl methyl sites for hydroxylation is 1. The Kier molecular flexibility index (Phi) is 6.48. The van der Waals surface area contributed by atoms with E-state index in [1.54, 1.807) is 29.4 Å². The highest BCUT2D eigenvalue weighted by Crippen LogP contribution is 2.30. The lowest BCUT2D eigenvalue weighted by Crippen LogP contribution is -2.43. The number of nitrogens with zero attached hydrogens (tertiary/aromatic N) is 5. The fourth-order valence-electron chi connectivity index (χ4n) is 3.72. The molecule has 0 aliphatic carbocycles. The van der Waals surface area contributed by atoms with Crippen molar-refractivity contribution in [3.05, 3.63) is 54.1 Å². The summed E-state index contributed by atoms with van der Waals surface area (Å²) in [6.07, 6.45) is -0.0273. The molecule has 0 amide bonds. The molecule has 1 aliphatic heterocycles. The lowest BCUT2D eigenvalue weighted by molar-refractivity contribution is -0.141. The number of carboxylic acid groups (broad SMARTS) is 1. The molecule has 0 radical (unpaired) electrons. The number of hydrogen-bond donors (Lipinski definition) is 2. The molecule has 0 spiro atoms. The molecule has 178 valence electrons. The summed E-state index contributed by atoms with van der Waals surface area (Å²) in [5.41, 5.74) is 1.72. The zero-order valence-electron chi connectivity index (χ0n) is 18.1. The fraction of sp³-hybridized carbons (Fsp3) is 0.318. The number of hydrogen-bond acceptors (Lipinski definition) is 8. The summed E-state index contributed by atoms with van der Waals surface area (Å²) in [6, 6.07) is 6.17. The van der Waals surface area contributed by atoms with Gasteiger partial charge < -0.3 is 20.1 Å². The Bertz CT molecular complexity index is 1170. The minimum atomic E-state index is -4.57. The average molecular weight is 474 g/mol. The van der Waals surface area contributed by atoms with E-state index in [4.69, 9.17) is 9.84 Å². The first-order valence-electron chi connectivity index (χ1n) is 10.5. The van der Waals surface area contributed by atoms with Crippen molar-refractivity contribution in [2.75, 3.05) is 16.8 Å². The molecule has 3 heterocycles. The number of halogens is 3. The van der Waals surface area contributed by atoms with E-state index in [-0.39, 0.29) is 5.95 Å². The fourth-order valence-corrected chi connectivity index (χ4v) is 3.72. The normalized spacial score (nSPS) is 16.2. The highest BCUT2D eigenvalue weighted by Gasteiger charge is 2.33. The predicted octanol–water partition coefficient (Wildman–Crippen LogP) is 5.02. The molecular formula is C22H21F3N6O3. The van der Waals surface area contributed by atoms with Crippen LogP contribution in [0.4, 0.5) is 35.5 Å². The number of rotatable bonds is 5. The van der Waals surface area contributed by atoms with Crippen LogP contribution in [-0.2, 0) is 10.9 Å². The summed E-state index contributed by atoms with van der Waals surface area (Å²) in [5.74, 6) is 0.186. The maximum absolute atomic E-state index is 12.9. The van der Waals surface area contributed by atoms with Crippen LogP contribution in [0.15, 0.2) is 42.9 Å². The summed E-state index contributed by atoms with van der Waals surface area (Å²) >= 11 is 0. The molecule has 2 aromatic heterocycles. The van der Waals surface area contributed by atoms with Crippen LogP contribution in [0, 0.1) is 6.92 Å². The third-order valence-corrected chi connectivity index (χ3v) is 5.19. The number of alkyl halides is 3. The molecule has 12 heteroatoms. The third-order valence-electron chi connectivity index (χ3n) is 5.19. The molecule has 9 nitrogen and oxygen atoms in total. The molecule has 34 heavy (non-hydrogen) atoms. The molecule has 1 aromatic carbocycles. The Balaban J connectivity index is 1.55. The number of anilines is 3. The minimum absolute atomic E-state index is 0.174. The zero-order valence-corrected chi connectivity index (χ0v) is 18.1. The highest BCUT2D eigenvalue weighted by atomic mass is 19.4. The SMILES string of the molecule is Cc1cc(Nc2nccc(C(F)(F)F)n2)cc(-c2cnc(N3CCCC[C@@H]3OC(=O)O)nc2)c1. The van der Waals surface area contributed by atoms with Crippen molar-refractivity contribution in [1.82, 2.24) is 19.9 Å². The molecular weight excluding hydrogens is 453 g/mol. The first-order valence-corrected chi connectivity index (χ1v) is 10.5. The van der Waals surface area contributed by atoms with Gasteiger partial charge in [-0.15, -0.1) is 0 Å². The lowest BCUT2D eigenvalue weighted by atomic mass is 10.1. The van der Waals surface area contributed by atoms with E-state index in [0.29, 0.717) is 30.2 Å². The largest absolute Gasteiger partial charge is 0.507 e. The number of ether oxygens (including phenoxy) is 1. The third kappa shape index (κ3) is 5.50. The van der Waals surface area contributed by atoms with Crippen LogP contribution in [0.5, 0.6) is 0 Å². The molecule has 1 fully saturated rings. The van der Waals surface area contributed by atoms with Gasteiger partial charge in [0.1, 0.15) is 5.69 Å². The van der Waals surface area contributed by atoms with Crippen LogP contribution in [0.25, 0.3) is 11.1 Å². The molecule has 4 rings (SSSR count). The number of piperidine rings is 1. The second-order valence-corrected chi connectivity index (χ2v) is 7.78. The summed E-state index contributed by atoms with van der Waals surface area (Å²) < 4.78 is 43.8. The van der Waals surface area contributed by atoms with E-state index < -0.39 is 24.3 Å². The molecule has 0 bridgehead atoms. The van der Waals surface area contributed by atoms with E-state index in [2.05, 4.69) is 25.3 Å². The monoisotopic (exact) mass is 474 g/mol. The topological polar surface area (TPSA) is 113 Å². The van der Waals surface area contributed by atoms with Gasteiger partial charge in [0.2, 0.25) is 11.9 Å². The Labute approximate surface area is 192 Å². The first-order chi connectivity index (χ1) is 16.2. The van der Waals surface area contributed by atoms with E-state index in [9.17, 15) is 18.0 Å². The molecule has 3 aromatic rings. The Morgan fingerprint density at radius 3 is 2.62 bits per heavy atom. The van der Waals surface area contributed by atoms with E-state index in [0.717, 1.165) is 36.2 Å². The summed E-state index contributed by atoms with van der Waals surface area (Å²) in [7, 11) is 0. The van der Waals surface area contributed by atoms with E-state index in [1.165, 1.54) is 0 Å². The maximum Gasteiger partial charge on any atom is 0.507 e. The van der Waals surface area contributed by atoms with Crippen LogP contribution in [0.3, 0.4) is 0 Å². The lowest BCUT2D eigenvalue weighted by Gasteiger charge is -2.34. The number of nitrogens with one attached hydrogen (secondary N) is 1. The molecule has 1 aliphatic rings. The Morgan fingerprint density at radius 1 is 1.15 bits per heavy atom. The van der Waals surface area contributed by atoms with Crippen molar-refractivity contribution >= 4 is 23.7 Å². The summed E-state index contributed by atoms with van der Waals surface area (Å²) in [5, 5.41) is 11.8. The molecule has 0 saturated carbocycles. The molecule has 2 N–H and O–H groups in total. The van der Waals surface area contributed by atoms with Crippen LogP contribution in [0.2, 0.25) is 0 Å². The van der Waals surface area contributed by atoms with Gasteiger partial charge in [-0.3, -0.25) is 0 Å². The van der Waals surface area contributed by atoms with Gasteiger partial charge in [-0.05, 0) is 49.1 Å². The van der Waals surface area contributed by atoms with Gasteiger partial charge in [0.15, 0.2) is 6.23 Å². The number of aromatic nitrogens is 4. The number of benzene rings is 1. The van der Waals surface area contributed by atoms with Crippen LogP contribution in [-0.4, -0.2) is 44.0 Å². The van der Waals surface area contributed by atoms with Crippen molar-refractivity contribution in [1.29, 1.82) is 0 Å². The summed E-state index contributed by atoms with van der Waals surface area (Å²) in [6.45, 7) is 2.42. The maximum atomic E-state index is 12.9. The van der Waals surface area contributed by atoms with Gasteiger partial charge in [0.25, 0.3) is 0 Å². The molecule has 1 saturated heterocycles. The Morgan fingerprint density at radius 2 is 1.91 bits per heavy atom. The van der Waals surface area contributed by atoms with Gasteiger partial charge in [-0.2, -0.15) is 13.2 Å².